The zero-order valence-electron chi connectivity index (χ0n) is 16.0. The number of halogens is 3. The van der Waals surface area contributed by atoms with Crippen molar-refractivity contribution in [2.45, 2.75) is 24.9 Å². The summed E-state index contributed by atoms with van der Waals surface area (Å²) in [4.78, 5) is 13.8. The van der Waals surface area contributed by atoms with Crippen molar-refractivity contribution in [1.82, 2.24) is 14.8 Å². The number of amides is 1. The van der Waals surface area contributed by atoms with Crippen LogP contribution in [0.5, 0.6) is 0 Å². The van der Waals surface area contributed by atoms with Crippen LogP contribution in [0.25, 0.3) is 5.69 Å². The fourth-order valence-electron chi connectivity index (χ4n) is 3.05. The van der Waals surface area contributed by atoms with Crippen LogP contribution in [-0.4, -0.2) is 18.9 Å². The van der Waals surface area contributed by atoms with Crippen molar-refractivity contribution in [3.05, 3.63) is 83.2 Å². The second-order valence-corrected chi connectivity index (χ2v) is 8.22. The third-order valence-corrected chi connectivity index (χ3v) is 5.71. The highest BCUT2D eigenvalue weighted by Crippen LogP contribution is 2.30. The molecule has 1 heterocycles. The Bertz CT molecular complexity index is 1190. The summed E-state index contributed by atoms with van der Waals surface area (Å²) >= 11 is 0. The van der Waals surface area contributed by atoms with Crippen molar-refractivity contribution in [2.75, 3.05) is 0 Å². The first-order chi connectivity index (χ1) is 14.0. The van der Waals surface area contributed by atoms with Gasteiger partial charge in [0.2, 0.25) is 0 Å². The summed E-state index contributed by atoms with van der Waals surface area (Å²) in [5.74, 6) is -0.735. The van der Waals surface area contributed by atoms with Crippen molar-refractivity contribution in [3.8, 4) is 5.69 Å². The molecule has 30 heavy (non-hydrogen) atoms. The molecule has 1 aromatic heterocycles. The maximum absolute atomic E-state index is 12.8. The van der Waals surface area contributed by atoms with Gasteiger partial charge in [-0.15, -0.1) is 4.83 Å². The molecule has 0 saturated heterocycles. The Balaban J connectivity index is 1.81. The number of rotatable bonds is 5. The molecule has 0 spiro atoms. The Morgan fingerprint density at radius 1 is 0.967 bits per heavy atom. The summed E-state index contributed by atoms with van der Waals surface area (Å²) in [6.07, 6.45) is -4.69. The van der Waals surface area contributed by atoms with E-state index in [4.69, 9.17) is 0 Å². The largest absolute Gasteiger partial charge is 0.416 e. The molecule has 0 atom stereocenters. The maximum Gasteiger partial charge on any atom is 0.416 e. The molecule has 0 aliphatic rings. The molecule has 158 valence electrons. The molecule has 3 rings (SSSR count). The lowest BCUT2D eigenvalue weighted by Crippen LogP contribution is -2.41. The van der Waals surface area contributed by atoms with Gasteiger partial charge in [-0.05, 0) is 50.2 Å². The lowest BCUT2D eigenvalue weighted by molar-refractivity contribution is -0.137. The Morgan fingerprint density at radius 2 is 1.63 bits per heavy atom. The van der Waals surface area contributed by atoms with Crippen LogP contribution in [-0.2, 0) is 16.2 Å². The summed E-state index contributed by atoms with van der Waals surface area (Å²) in [6.45, 7) is 3.50. The van der Waals surface area contributed by atoms with Crippen LogP contribution in [0.2, 0.25) is 0 Å². The first-order valence-electron chi connectivity index (χ1n) is 8.74. The summed E-state index contributed by atoms with van der Waals surface area (Å²) in [5.41, 5.74) is 3.34. The maximum atomic E-state index is 12.8. The van der Waals surface area contributed by atoms with Crippen molar-refractivity contribution in [3.63, 3.8) is 0 Å². The number of aryl methyl sites for hydroxylation is 1. The number of aromatic nitrogens is 1. The molecule has 3 aromatic rings. The van der Waals surface area contributed by atoms with E-state index in [1.54, 1.807) is 19.9 Å². The first kappa shape index (κ1) is 21.6. The van der Waals surface area contributed by atoms with E-state index in [2.05, 4.69) is 5.43 Å². The van der Waals surface area contributed by atoms with Crippen LogP contribution in [0, 0.1) is 13.8 Å². The fourth-order valence-corrected chi connectivity index (χ4v) is 3.93. The van der Waals surface area contributed by atoms with Gasteiger partial charge in [0.1, 0.15) is 0 Å². The van der Waals surface area contributed by atoms with Crippen LogP contribution in [0.3, 0.4) is 0 Å². The van der Waals surface area contributed by atoms with Crippen molar-refractivity contribution in [2.24, 2.45) is 0 Å². The van der Waals surface area contributed by atoms with Gasteiger partial charge in [-0.2, -0.15) is 13.2 Å². The third-order valence-electron chi connectivity index (χ3n) is 4.46. The number of carbonyl (C=O) groups is 1. The van der Waals surface area contributed by atoms with Gasteiger partial charge in [-0.1, -0.05) is 24.3 Å². The smallest absolute Gasteiger partial charge is 0.318 e. The predicted octanol–water partition coefficient (Wildman–Crippen LogP) is 3.74. The minimum absolute atomic E-state index is 0.225. The van der Waals surface area contributed by atoms with Gasteiger partial charge in [0, 0.05) is 17.1 Å². The van der Waals surface area contributed by atoms with Crippen molar-refractivity contribution < 1.29 is 26.4 Å². The van der Waals surface area contributed by atoms with Crippen molar-refractivity contribution >= 4 is 15.9 Å². The average Bonchev–Trinajstić information content (AvgIpc) is 3.00. The molecule has 1 amide bonds. The number of hydrogen-bond donors (Lipinski definition) is 2. The Kier molecular flexibility index (Phi) is 5.73. The molecule has 10 heteroatoms. The normalized spacial score (nSPS) is 12.0. The second kappa shape index (κ2) is 7.96. The van der Waals surface area contributed by atoms with E-state index >= 15 is 0 Å². The summed E-state index contributed by atoms with van der Waals surface area (Å²) in [5, 5.41) is 0. The number of alkyl halides is 3. The molecule has 2 aromatic carbocycles. The van der Waals surface area contributed by atoms with E-state index < -0.39 is 32.6 Å². The molecule has 0 bridgehead atoms. The Labute approximate surface area is 171 Å². The highest BCUT2D eigenvalue weighted by molar-refractivity contribution is 7.89. The van der Waals surface area contributed by atoms with Gasteiger partial charge in [0.15, 0.2) is 0 Å². The second-order valence-electron chi connectivity index (χ2n) is 6.54. The number of sulfonamides is 1. The molecule has 0 fully saturated rings. The summed E-state index contributed by atoms with van der Waals surface area (Å²) in [6, 6.07) is 14.1. The molecular formula is C20H18F3N3O3S. The molecule has 6 nitrogen and oxygen atoms in total. The van der Waals surface area contributed by atoms with E-state index in [1.165, 1.54) is 0 Å². The van der Waals surface area contributed by atoms with E-state index in [0.717, 1.165) is 29.6 Å². The molecule has 0 unspecified atom stereocenters. The van der Waals surface area contributed by atoms with Gasteiger partial charge in [-0.25, -0.2) is 8.42 Å². The molecular weight excluding hydrogens is 419 g/mol. The van der Waals surface area contributed by atoms with Crippen LogP contribution >= 0.6 is 0 Å². The van der Waals surface area contributed by atoms with E-state index in [1.807, 2.05) is 39.7 Å². The Morgan fingerprint density at radius 3 is 2.27 bits per heavy atom. The van der Waals surface area contributed by atoms with Crippen LogP contribution in [0.4, 0.5) is 13.2 Å². The lowest BCUT2D eigenvalue weighted by Gasteiger charge is -2.12. The highest BCUT2D eigenvalue weighted by Gasteiger charge is 2.31. The third kappa shape index (κ3) is 4.39. The summed E-state index contributed by atoms with van der Waals surface area (Å²) in [7, 11) is -4.40. The topological polar surface area (TPSA) is 80.2 Å². The molecule has 0 radical (unpaired) electrons. The van der Waals surface area contributed by atoms with Gasteiger partial charge in [0.25, 0.3) is 15.9 Å². The summed E-state index contributed by atoms with van der Waals surface area (Å²) < 4.78 is 65.0. The minimum Gasteiger partial charge on any atom is -0.318 e. The standard InChI is InChI=1S/C20H18F3N3O3S/c1-13-11-18(14(2)26(13)16-8-4-3-5-9-16)19(27)24-25-30(28,29)17-10-6-7-15(12-17)20(21,22)23/h3-12,25H,1-2H3,(H,24,27). The first-order valence-corrected chi connectivity index (χ1v) is 10.2. The average molecular weight is 437 g/mol. The predicted molar refractivity (Wildman–Crippen MR) is 104 cm³/mol. The zero-order valence-corrected chi connectivity index (χ0v) is 16.8. The van der Waals surface area contributed by atoms with E-state index in [0.29, 0.717) is 11.8 Å². The quantitative estimate of drug-likeness (QED) is 0.597. The number of hydrazine groups is 1. The number of carbonyl (C=O) groups excluding carboxylic acids is 1. The van der Waals surface area contributed by atoms with Gasteiger partial charge in [0.05, 0.1) is 16.0 Å². The van der Waals surface area contributed by atoms with Gasteiger partial charge in [-0.3, -0.25) is 10.2 Å². The Hall–Kier alpha value is -3.11. The molecule has 2 N–H and O–H groups in total. The van der Waals surface area contributed by atoms with Crippen LogP contribution in [0.15, 0.2) is 65.6 Å². The SMILES string of the molecule is Cc1cc(C(=O)NNS(=O)(=O)c2cccc(C(F)(F)F)c2)c(C)n1-c1ccccc1. The number of benzene rings is 2. The van der Waals surface area contributed by atoms with E-state index in [9.17, 15) is 26.4 Å². The minimum atomic E-state index is -4.69. The van der Waals surface area contributed by atoms with Gasteiger partial charge >= 0.3 is 6.18 Å². The fraction of sp³-hybridized carbons (Fsp3) is 0.150. The lowest BCUT2D eigenvalue weighted by atomic mass is 10.2. The molecule has 0 aliphatic carbocycles. The van der Waals surface area contributed by atoms with E-state index in [-0.39, 0.29) is 5.56 Å². The molecule has 0 aliphatic heterocycles. The van der Waals surface area contributed by atoms with Gasteiger partial charge < -0.3 is 4.57 Å². The molecule has 0 saturated carbocycles. The number of para-hydroxylation sites is 1. The zero-order chi connectivity index (χ0) is 22.1. The van der Waals surface area contributed by atoms with Crippen LogP contribution < -0.4 is 10.3 Å². The van der Waals surface area contributed by atoms with Crippen molar-refractivity contribution in [1.29, 1.82) is 0 Å². The number of nitrogens with zero attached hydrogens (tertiary/aromatic N) is 1. The van der Waals surface area contributed by atoms with Crippen LogP contribution in [0.1, 0.15) is 27.3 Å². The number of nitrogens with one attached hydrogen (secondary N) is 2. The number of hydrogen-bond acceptors (Lipinski definition) is 3. The highest BCUT2D eigenvalue weighted by atomic mass is 32.2. The monoisotopic (exact) mass is 437 g/mol.